The van der Waals surface area contributed by atoms with Gasteiger partial charge in [-0.3, -0.25) is 4.79 Å². The predicted molar refractivity (Wildman–Crippen MR) is 90.1 cm³/mol. The van der Waals surface area contributed by atoms with Crippen LogP contribution in [0.1, 0.15) is 43.6 Å². The Labute approximate surface area is 135 Å². The molecule has 1 saturated carbocycles. The standard InChI is InChI=1S/C18H22N2OS/c1-3-12-8-13-10-20(15(9-12)11(13)2)18(21)17-14-6-4-5-7-16(14)22-19-17/h4-7,11-13,15H,3,8-10H2,1-2H3/t11?,12-,13+,15+/m1/s1. The maximum absolute atomic E-state index is 13.1. The van der Waals surface area contributed by atoms with Gasteiger partial charge in [-0.05, 0) is 48.2 Å². The molecular weight excluding hydrogens is 292 g/mol. The number of hydrogen-bond donors (Lipinski definition) is 0. The summed E-state index contributed by atoms with van der Waals surface area (Å²) >= 11 is 1.43. The van der Waals surface area contributed by atoms with Gasteiger partial charge in [0, 0.05) is 18.0 Å². The number of likely N-dealkylation sites (tertiary alicyclic amines) is 1. The Balaban J connectivity index is 1.66. The minimum Gasteiger partial charge on any atom is -0.334 e. The molecule has 2 aromatic rings. The molecule has 2 aliphatic rings. The highest BCUT2D eigenvalue weighted by Crippen LogP contribution is 2.44. The van der Waals surface area contributed by atoms with E-state index in [0.29, 0.717) is 23.6 Å². The number of amides is 1. The van der Waals surface area contributed by atoms with E-state index in [1.165, 1.54) is 30.8 Å². The Morgan fingerprint density at radius 3 is 3.00 bits per heavy atom. The molecule has 3 nitrogen and oxygen atoms in total. The quantitative estimate of drug-likeness (QED) is 0.832. The molecule has 22 heavy (non-hydrogen) atoms. The highest BCUT2D eigenvalue weighted by Gasteiger charge is 2.46. The highest BCUT2D eigenvalue weighted by molar-refractivity contribution is 7.13. The lowest BCUT2D eigenvalue weighted by molar-refractivity contribution is 0.0696. The van der Waals surface area contributed by atoms with Gasteiger partial charge in [0.2, 0.25) is 0 Å². The van der Waals surface area contributed by atoms with E-state index in [1.54, 1.807) is 0 Å². The van der Waals surface area contributed by atoms with E-state index in [1.807, 2.05) is 24.3 Å². The molecule has 1 aromatic heterocycles. The molecule has 0 spiro atoms. The van der Waals surface area contributed by atoms with E-state index in [0.717, 1.165) is 22.5 Å². The van der Waals surface area contributed by atoms with Crippen molar-refractivity contribution in [3.63, 3.8) is 0 Å². The first-order valence-electron chi connectivity index (χ1n) is 8.34. The first-order valence-corrected chi connectivity index (χ1v) is 9.11. The van der Waals surface area contributed by atoms with Crippen molar-refractivity contribution in [3.05, 3.63) is 30.0 Å². The minimum atomic E-state index is 0.147. The Kier molecular flexibility index (Phi) is 3.44. The van der Waals surface area contributed by atoms with Gasteiger partial charge in [0.1, 0.15) is 5.69 Å². The number of fused-ring (bicyclic) bond motifs is 3. The smallest absolute Gasteiger partial charge is 0.274 e. The molecule has 116 valence electrons. The van der Waals surface area contributed by atoms with E-state index >= 15 is 0 Å². The van der Waals surface area contributed by atoms with Crippen LogP contribution in [0, 0.1) is 17.8 Å². The number of carbonyl (C=O) groups is 1. The third-order valence-electron chi connectivity index (χ3n) is 5.81. The van der Waals surface area contributed by atoms with Gasteiger partial charge in [0.05, 0.1) is 4.70 Å². The maximum atomic E-state index is 13.1. The lowest BCUT2D eigenvalue weighted by Crippen LogP contribution is -2.39. The van der Waals surface area contributed by atoms with Gasteiger partial charge in [-0.25, -0.2) is 0 Å². The van der Waals surface area contributed by atoms with Crippen molar-refractivity contribution >= 4 is 27.5 Å². The molecule has 1 aliphatic heterocycles. The Morgan fingerprint density at radius 1 is 1.36 bits per heavy atom. The van der Waals surface area contributed by atoms with E-state index in [9.17, 15) is 4.79 Å². The van der Waals surface area contributed by atoms with Crippen LogP contribution in [0.2, 0.25) is 0 Å². The number of rotatable bonds is 2. The summed E-state index contributed by atoms with van der Waals surface area (Å²) in [5.74, 6) is 2.25. The lowest BCUT2D eigenvalue weighted by Gasteiger charge is -2.33. The second kappa shape index (κ2) is 5.34. The molecule has 1 amide bonds. The fraction of sp³-hybridized carbons (Fsp3) is 0.556. The first-order chi connectivity index (χ1) is 10.7. The third-order valence-corrected chi connectivity index (χ3v) is 6.64. The predicted octanol–water partition coefficient (Wildman–Crippen LogP) is 4.19. The molecule has 2 heterocycles. The molecule has 0 radical (unpaired) electrons. The van der Waals surface area contributed by atoms with Gasteiger partial charge in [-0.1, -0.05) is 38.5 Å². The molecule has 2 bridgehead atoms. The molecule has 1 saturated heterocycles. The van der Waals surface area contributed by atoms with Gasteiger partial charge < -0.3 is 4.90 Å². The van der Waals surface area contributed by atoms with Crippen LogP contribution in [0.15, 0.2) is 24.3 Å². The zero-order valence-corrected chi connectivity index (χ0v) is 14.0. The van der Waals surface area contributed by atoms with Gasteiger partial charge in [-0.15, -0.1) is 0 Å². The summed E-state index contributed by atoms with van der Waals surface area (Å²) in [7, 11) is 0. The highest BCUT2D eigenvalue weighted by atomic mass is 32.1. The zero-order valence-electron chi connectivity index (χ0n) is 13.2. The molecule has 1 aromatic carbocycles. The van der Waals surface area contributed by atoms with E-state index in [-0.39, 0.29) is 5.91 Å². The van der Waals surface area contributed by atoms with Crippen LogP contribution in [0.5, 0.6) is 0 Å². The molecule has 4 rings (SSSR count). The van der Waals surface area contributed by atoms with Crippen molar-refractivity contribution in [3.8, 4) is 0 Å². The fourth-order valence-corrected chi connectivity index (χ4v) is 5.16. The molecule has 4 heteroatoms. The number of hydrogen-bond acceptors (Lipinski definition) is 3. The number of benzene rings is 1. The van der Waals surface area contributed by atoms with Crippen LogP contribution in [0.3, 0.4) is 0 Å². The second-order valence-electron chi connectivity index (χ2n) is 6.92. The number of carbonyl (C=O) groups excluding carboxylic acids is 1. The average molecular weight is 314 g/mol. The van der Waals surface area contributed by atoms with Crippen LogP contribution in [0.25, 0.3) is 10.1 Å². The molecule has 1 unspecified atom stereocenters. The zero-order chi connectivity index (χ0) is 15.3. The monoisotopic (exact) mass is 314 g/mol. The van der Waals surface area contributed by atoms with Crippen molar-refractivity contribution in [2.24, 2.45) is 17.8 Å². The summed E-state index contributed by atoms with van der Waals surface area (Å²) in [6, 6.07) is 8.47. The topological polar surface area (TPSA) is 33.2 Å². The summed E-state index contributed by atoms with van der Waals surface area (Å²) in [6.45, 7) is 5.53. The Morgan fingerprint density at radius 2 is 2.18 bits per heavy atom. The molecular formula is C18H22N2OS. The van der Waals surface area contributed by atoms with Crippen LogP contribution >= 0.6 is 11.5 Å². The second-order valence-corrected chi connectivity index (χ2v) is 7.72. The van der Waals surface area contributed by atoms with Gasteiger partial charge in [0.25, 0.3) is 5.91 Å². The van der Waals surface area contributed by atoms with Gasteiger partial charge in [0.15, 0.2) is 0 Å². The van der Waals surface area contributed by atoms with Crippen LogP contribution in [-0.2, 0) is 0 Å². The number of nitrogens with zero attached hydrogens (tertiary/aromatic N) is 2. The number of aromatic nitrogens is 1. The van der Waals surface area contributed by atoms with E-state index in [2.05, 4.69) is 23.1 Å². The summed E-state index contributed by atoms with van der Waals surface area (Å²) < 4.78 is 5.57. The first kappa shape index (κ1) is 14.2. The van der Waals surface area contributed by atoms with E-state index in [4.69, 9.17) is 0 Å². The van der Waals surface area contributed by atoms with Crippen LogP contribution < -0.4 is 0 Å². The molecule has 1 aliphatic carbocycles. The average Bonchev–Trinajstić information content (AvgIpc) is 3.02. The van der Waals surface area contributed by atoms with Gasteiger partial charge in [-0.2, -0.15) is 4.37 Å². The lowest BCUT2D eigenvalue weighted by atomic mass is 9.74. The van der Waals surface area contributed by atoms with Crippen molar-refractivity contribution < 1.29 is 4.79 Å². The van der Waals surface area contributed by atoms with Crippen molar-refractivity contribution in [2.45, 2.75) is 39.2 Å². The summed E-state index contributed by atoms with van der Waals surface area (Å²) in [5, 5.41) is 1.01. The fourth-order valence-electron chi connectivity index (χ4n) is 4.39. The molecule has 0 N–H and O–H groups in total. The van der Waals surface area contributed by atoms with Gasteiger partial charge >= 0.3 is 0 Å². The van der Waals surface area contributed by atoms with Crippen LogP contribution in [0.4, 0.5) is 0 Å². The maximum Gasteiger partial charge on any atom is 0.274 e. The Bertz CT molecular complexity index is 710. The van der Waals surface area contributed by atoms with Crippen LogP contribution in [-0.4, -0.2) is 27.8 Å². The van der Waals surface area contributed by atoms with Crippen molar-refractivity contribution in [2.75, 3.05) is 6.54 Å². The summed E-state index contributed by atoms with van der Waals surface area (Å²) in [5.41, 5.74) is 0.661. The summed E-state index contributed by atoms with van der Waals surface area (Å²) in [4.78, 5) is 15.2. The molecule has 4 atom stereocenters. The minimum absolute atomic E-state index is 0.147. The van der Waals surface area contributed by atoms with Crippen molar-refractivity contribution in [1.29, 1.82) is 0 Å². The summed E-state index contributed by atoms with van der Waals surface area (Å²) in [6.07, 6.45) is 3.69. The largest absolute Gasteiger partial charge is 0.334 e. The Hall–Kier alpha value is -1.42. The van der Waals surface area contributed by atoms with Crippen molar-refractivity contribution in [1.82, 2.24) is 9.27 Å². The normalized spacial score (nSPS) is 30.9. The molecule has 2 fully saturated rings. The third kappa shape index (κ3) is 2.08. The SMILES string of the molecule is CC[C@@H]1C[C@H]2CN(C(=O)c3nsc4ccccc34)[C@@H](C1)C2C. The van der Waals surface area contributed by atoms with E-state index < -0.39 is 0 Å².